The predicted molar refractivity (Wildman–Crippen MR) is 174 cm³/mol. The normalized spacial score (nSPS) is 34.8. The number of methoxy groups -OCH3 is 4. The van der Waals surface area contributed by atoms with Gasteiger partial charge in [-0.2, -0.15) is 0 Å². The molecule has 5 rings (SSSR count). The van der Waals surface area contributed by atoms with E-state index in [2.05, 4.69) is 0 Å². The second kappa shape index (κ2) is 17.3. The summed E-state index contributed by atoms with van der Waals surface area (Å²) in [6.07, 6.45) is -15.4. The van der Waals surface area contributed by atoms with Gasteiger partial charge in [0.25, 0.3) is 0 Å². The second-order valence-electron chi connectivity index (χ2n) is 12.8. The third-order valence-electron chi connectivity index (χ3n) is 9.69. The summed E-state index contributed by atoms with van der Waals surface area (Å²) >= 11 is 0. The highest BCUT2D eigenvalue weighted by molar-refractivity contribution is 5.55. The van der Waals surface area contributed by atoms with Crippen LogP contribution >= 0.6 is 0 Å². The molecule has 2 aromatic rings. The average Bonchev–Trinajstić information content (AvgIpc) is 3.57. The second-order valence-corrected chi connectivity index (χ2v) is 12.8. The molecule has 292 valence electrons. The molecule has 13 atom stereocenters. The van der Waals surface area contributed by atoms with Gasteiger partial charge >= 0.3 is 0 Å². The van der Waals surface area contributed by atoms with E-state index < -0.39 is 86.6 Å². The number of aliphatic hydroxyl groups is 9. The standard InChI is InChI=1S/C34H48O18/c1-44-18-6-14(7-19(45-2)31(18)51-33-28(42)26(40)24(38)22(11-36)49-33)5-16-13-48-30(17(16)10-35)15-8-20(46-3)32(21(9-15)47-4)52-34-29(43)27(41)25(39)23(12-37)50-34/h6-9,16-17,22-30,33-43H,5,10-13H2,1-4H3/t16?,17?,22-,23+,24-,25?,26?,27?,28-,29+,30?,33+,34+/m0/s1. The van der Waals surface area contributed by atoms with E-state index in [0.29, 0.717) is 12.0 Å². The van der Waals surface area contributed by atoms with E-state index in [1.807, 2.05) is 0 Å². The van der Waals surface area contributed by atoms with Crippen molar-refractivity contribution < 1.29 is 88.6 Å². The molecule has 0 bridgehead atoms. The number of hydrogen-bond acceptors (Lipinski definition) is 18. The van der Waals surface area contributed by atoms with Crippen molar-refractivity contribution in [1.82, 2.24) is 0 Å². The Labute approximate surface area is 299 Å². The van der Waals surface area contributed by atoms with E-state index in [-0.39, 0.29) is 53.6 Å². The first kappa shape index (κ1) is 40.0. The van der Waals surface area contributed by atoms with E-state index in [1.54, 1.807) is 24.3 Å². The van der Waals surface area contributed by atoms with Gasteiger partial charge in [0.15, 0.2) is 23.0 Å². The smallest absolute Gasteiger partial charge is 0.229 e. The zero-order valence-corrected chi connectivity index (χ0v) is 29.0. The molecule has 9 N–H and O–H groups in total. The van der Waals surface area contributed by atoms with Crippen LogP contribution in [0.25, 0.3) is 0 Å². The monoisotopic (exact) mass is 744 g/mol. The van der Waals surface area contributed by atoms with Gasteiger partial charge in [-0.1, -0.05) is 0 Å². The van der Waals surface area contributed by atoms with Crippen LogP contribution < -0.4 is 28.4 Å². The molecule has 2 aromatic carbocycles. The maximum Gasteiger partial charge on any atom is 0.229 e. The van der Waals surface area contributed by atoms with Gasteiger partial charge in [0.1, 0.15) is 48.8 Å². The van der Waals surface area contributed by atoms with Gasteiger partial charge in [-0.15, -0.1) is 0 Å². The van der Waals surface area contributed by atoms with Crippen LogP contribution in [0.3, 0.4) is 0 Å². The van der Waals surface area contributed by atoms with Gasteiger partial charge < -0.3 is 88.6 Å². The quantitative estimate of drug-likeness (QED) is 0.0978. The molecule has 3 aliphatic rings. The molecule has 0 aliphatic carbocycles. The minimum atomic E-state index is -1.67. The molecule has 3 heterocycles. The fourth-order valence-electron chi connectivity index (χ4n) is 6.73. The summed E-state index contributed by atoms with van der Waals surface area (Å²) in [7, 11) is 5.56. The molecule has 18 nitrogen and oxygen atoms in total. The maximum absolute atomic E-state index is 10.6. The van der Waals surface area contributed by atoms with Crippen LogP contribution in [0.15, 0.2) is 24.3 Å². The Morgan fingerprint density at radius 2 is 1.00 bits per heavy atom. The Balaban J connectivity index is 1.36. The zero-order valence-electron chi connectivity index (χ0n) is 29.0. The lowest BCUT2D eigenvalue weighted by molar-refractivity contribution is -0.277. The third kappa shape index (κ3) is 7.84. The first-order valence-electron chi connectivity index (χ1n) is 16.6. The summed E-state index contributed by atoms with van der Waals surface area (Å²) < 4.78 is 51.3. The van der Waals surface area contributed by atoms with Crippen LogP contribution in [0.1, 0.15) is 17.2 Å². The Morgan fingerprint density at radius 1 is 0.577 bits per heavy atom. The van der Waals surface area contributed by atoms with Crippen LogP contribution in [0.4, 0.5) is 0 Å². The first-order valence-corrected chi connectivity index (χ1v) is 16.6. The van der Waals surface area contributed by atoms with Crippen molar-refractivity contribution >= 4 is 0 Å². The Morgan fingerprint density at radius 3 is 1.38 bits per heavy atom. The fourth-order valence-corrected chi connectivity index (χ4v) is 6.73. The van der Waals surface area contributed by atoms with E-state index in [0.717, 1.165) is 5.56 Å². The predicted octanol–water partition coefficient (Wildman–Crippen LogP) is -2.38. The number of rotatable bonds is 14. The number of benzene rings is 2. The number of ether oxygens (including phenoxy) is 9. The molecular weight excluding hydrogens is 696 g/mol. The van der Waals surface area contributed by atoms with E-state index in [4.69, 9.17) is 42.6 Å². The van der Waals surface area contributed by atoms with E-state index >= 15 is 0 Å². The largest absolute Gasteiger partial charge is 0.493 e. The minimum Gasteiger partial charge on any atom is -0.493 e. The molecular formula is C34H48O18. The van der Waals surface area contributed by atoms with Crippen molar-refractivity contribution in [3.63, 3.8) is 0 Å². The molecule has 0 saturated carbocycles. The molecule has 18 heteroatoms. The Hall–Kier alpha value is -3.24. The van der Waals surface area contributed by atoms with Crippen LogP contribution in [0, 0.1) is 11.8 Å². The summed E-state index contributed by atoms with van der Waals surface area (Å²) in [4.78, 5) is 0. The summed E-state index contributed by atoms with van der Waals surface area (Å²) in [6, 6.07) is 6.60. The van der Waals surface area contributed by atoms with Gasteiger partial charge in [-0.05, 0) is 47.7 Å². The molecule has 3 aliphatic heterocycles. The van der Waals surface area contributed by atoms with E-state index in [1.165, 1.54) is 28.4 Å². The minimum absolute atomic E-state index is 0.0124. The van der Waals surface area contributed by atoms with Gasteiger partial charge in [-0.25, -0.2) is 0 Å². The summed E-state index contributed by atoms with van der Waals surface area (Å²) in [5.41, 5.74) is 1.30. The highest BCUT2D eigenvalue weighted by Crippen LogP contribution is 2.48. The average molecular weight is 745 g/mol. The maximum atomic E-state index is 10.6. The number of hydrogen-bond donors (Lipinski definition) is 9. The Bertz CT molecular complexity index is 1420. The molecule has 6 unspecified atom stereocenters. The van der Waals surface area contributed by atoms with Crippen LogP contribution in [0.5, 0.6) is 34.5 Å². The molecule has 0 amide bonds. The zero-order chi connectivity index (χ0) is 37.9. The molecule has 3 fully saturated rings. The summed E-state index contributed by atoms with van der Waals surface area (Å²) in [5, 5.41) is 91.5. The van der Waals surface area contributed by atoms with Crippen molar-refractivity contribution in [2.45, 2.75) is 73.9 Å². The van der Waals surface area contributed by atoms with Crippen molar-refractivity contribution in [3.8, 4) is 34.5 Å². The van der Waals surface area contributed by atoms with Crippen molar-refractivity contribution in [2.75, 3.05) is 54.9 Å². The number of aliphatic hydroxyl groups excluding tert-OH is 9. The highest BCUT2D eigenvalue weighted by Gasteiger charge is 2.47. The molecule has 52 heavy (non-hydrogen) atoms. The fraction of sp³-hybridized carbons (Fsp3) is 0.647. The first-order chi connectivity index (χ1) is 24.9. The van der Waals surface area contributed by atoms with Crippen LogP contribution in [0.2, 0.25) is 0 Å². The van der Waals surface area contributed by atoms with Crippen LogP contribution in [-0.4, -0.2) is 162 Å². The Kier molecular flexibility index (Phi) is 13.3. The topological polar surface area (TPSA) is 265 Å². The van der Waals surface area contributed by atoms with Crippen molar-refractivity contribution in [3.05, 3.63) is 35.4 Å². The summed E-state index contributed by atoms with van der Waals surface area (Å²) in [5.74, 6) is 0.121. The van der Waals surface area contributed by atoms with Crippen molar-refractivity contribution in [1.29, 1.82) is 0 Å². The lowest BCUT2D eigenvalue weighted by Gasteiger charge is -2.39. The van der Waals surface area contributed by atoms with Gasteiger partial charge in [-0.3, -0.25) is 0 Å². The van der Waals surface area contributed by atoms with E-state index in [9.17, 15) is 46.0 Å². The van der Waals surface area contributed by atoms with Crippen molar-refractivity contribution in [2.24, 2.45) is 11.8 Å². The highest BCUT2D eigenvalue weighted by atomic mass is 16.7. The molecule has 0 radical (unpaired) electrons. The van der Waals surface area contributed by atoms with Crippen LogP contribution in [-0.2, 0) is 20.6 Å². The summed E-state index contributed by atoms with van der Waals surface area (Å²) in [6.45, 7) is -1.28. The third-order valence-corrected chi connectivity index (χ3v) is 9.69. The molecule has 0 spiro atoms. The van der Waals surface area contributed by atoms with Gasteiger partial charge in [0.05, 0.1) is 54.4 Å². The lowest BCUT2D eigenvalue weighted by atomic mass is 9.84. The molecule has 3 saturated heterocycles. The van der Waals surface area contributed by atoms with Gasteiger partial charge in [0.2, 0.25) is 24.1 Å². The SMILES string of the molecule is COc1cc(C2OCC(Cc3cc(OC)c(O[C@H]4O[C@@H](CO)[C@H](O)C(O)[C@@H]4O)c(OC)c3)C2CO)cc(OC)c1O[C@H]1O[C@H](CO)C(O)C(O)[C@H]1O. The lowest BCUT2D eigenvalue weighted by Crippen LogP contribution is -2.60. The van der Waals surface area contributed by atoms with Gasteiger partial charge in [0, 0.05) is 12.5 Å². The molecule has 0 aromatic heterocycles.